The average Bonchev–Trinajstić information content (AvgIpc) is 3.35. The number of halogens is 1. The number of aromatic amines is 1. The highest BCUT2D eigenvalue weighted by Gasteiger charge is 2.30. The molecule has 3 aromatic rings. The second-order valence-corrected chi connectivity index (χ2v) is 11.1. The molecule has 0 bridgehead atoms. The number of fused-ring (bicyclic) bond motifs is 1. The first-order valence-electron chi connectivity index (χ1n) is 9.73. The fourth-order valence-corrected chi connectivity index (χ4v) is 6.68. The van der Waals surface area contributed by atoms with Crippen molar-refractivity contribution in [2.45, 2.75) is 10.6 Å². The van der Waals surface area contributed by atoms with Crippen LogP contribution in [0.3, 0.4) is 0 Å². The van der Waals surface area contributed by atoms with Gasteiger partial charge in [0, 0.05) is 49.8 Å². The Hall–Kier alpha value is -1.91. The summed E-state index contributed by atoms with van der Waals surface area (Å²) >= 11 is 6.93. The number of H-pyrrole nitrogens is 1. The molecule has 2 N–H and O–H groups in total. The predicted molar refractivity (Wildman–Crippen MR) is 120 cm³/mol. The van der Waals surface area contributed by atoms with Crippen molar-refractivity contribution in [2.24, 2.45) is 0 Å². The van der Waals surface area contributed by atoms with Gasteiger partial charge in [0.15, 0.2) is 0 Å². The van der Waals surface area contributed by atoms with E-state index in [-0.39, 0.29) is 16.7 Å². The Balaban J connectivity index is 1.22. The molecule has 0 unspecified atom stereocenters. The van der Waals surface area contributed by atoms with Crippen LogP contribution in [-0.4, -0.2) is 67.8 Å². The highest BCUT2D eigenvalue weighted by molar-refractivity contribution is 7.91. The van der Waals surface area contributed by atoms with Gasteiger partial charge in [-0.25, -0.2) is 8.42 Å². The van der Waals surface area contributed by atoms with Crippen LogP contribution < -0.4 is 5.32 Å². The van der Waals surface area contributed by atoms with Gasteiger partial charge in [-0.3, -0.25) is 9.69 Å². The van der Waals surface area contributed by atoms with E-state index in [4.69, 9.17) is 11.6 Å². The Bertz CT molecular complexity index is 1130. The fraction of sp³-hybridized carbons (Fsp3) is 0.350. The van der Waals surface area contributed by atoms with Crippen molar-refractivity contribution in [3.05, 3.63) is 52.5 Å². The van der Waals surface area contributed by atoms with Gasteiger partial charge in [-0.15, -0.1) is 11.3 Å². The number of carbonyl (C=O) groups is 1. The smallest absolute Gasteiger partial charge is 0.252 e. The molecule has 1 aliphatic rings. The van der Waals surface area contributed by atoms with Crippen LogP contribution in [0.5, 0.6) is 0 Å². The Morgan fingerprint density at radius 1 is 1.13 bits per heavy atom. The zero-order valence-electron chi connectivity index (χ0n) is 16.3. The zero-order valence-corrected chi connectivity index (χ0v) is 18.7. The molecule has 1 amide bonds. The van der Waals surface area contributed by atoms with E-state index in [1.165, 1.54) is 21.3 Å². The first kappa shape index (κ1) is 21.3. The van der Waals surface area contributed by atoms with Crippen molar-refractivity contribution in [3.8, 4) is 0 Å². The van der Waals surface area contributed by atoms with Gasteiger partial charge in [0.05, 0.1) is 10.9 Å². The number of thiophene rings is 1. The van der Waals surface area contributed by atoms with Crippen molar-refractivity contribution in [1.29, 1.82) is 0 Å². The number of amides is 1. The summed E-state index contributed by atoms with van der Waals surface area (Å²) in [7, 11) is -3.51. The highest BCUT2D eigenvalue weighted by Crippen LogP contribution is 2.28. The number of piperazine rings is 1. The van der Waals surface area contributed by atoms with Gasteiger partial charge in [-0.1, -0.05) is 29.8 Å². The van der Waals surface area contributed by atoms with Crippen LogP contribution in [-0.2, 0) is 21.2 Å². The summed E-state index contributed by atoms with van der Waals surface area (Å²) in [6, 6.07) is 11.2. The van der Waals surface area contributed by atoms with Gasteiger partial charge in [0.25, 0.3) is 10.0 Å². The molecule has 1 aliphatic heterocycles. The number of rotatable bonds is 7. The van der Waals surface area contributed by atoms with Gasteiger partial charge in [-0.05, 0) is 30.2 Å². The van der Waals surface area contributed by atoms with Crippen molar-refractivity contribution >= 4 is 49.8 Å². The molecule has 30 heavy (non-hydrogen) atoms. The van der Waals surface area contributed by atoms with E-state index in [0.29, 0.717) is 37.1 Å². The number of nitrogens with zero attached hydrogens (tertiary/aromatic N) is 2. The number of hydrogen-bond donors (Lipinski definition) is 2. The molecule has 1 aromatic carbocycles. The maximum absolute atomic E-state index is 12.7. The van der Waals surface area contributed by atoms with Gasteiger partial charge < -0.3 is 10.3 Å². The quantitative estimate of drug-likeness (QED) is 0.560. The minimum Gasteiger partial charge on any atom is -0.361 e. The third-order valence-corrected chi connectivity index (χ3v) is 8.83. The summed E-state index contributed by atoms with van der Waals surface area (Å²) < 4.78 is 27.5. The molecular weight excluding hydrogens is 444 g/mol. The first-order valence-corrected chi connectivity index (χ1v) is 12.4. The lowest BCUT2D eigenvalue weighted by Gasteiger charge is -2.33. The minimum atomic E-state index is -3.51. The summed E-state index contributed by atoms with van der Waals surface area (Å²) in [6.07, 6.45) is 2.74. The maximum Gasteiger partial charge on any atom is 0.252 e. The standard InChI is InChI=1S/C20H23ClN4O3S2/c21-18-5-6-20(29-18)30(27,28)25-11-9-24(10-12-25)14-19(26)22-8-7-15-13-23-17-4-2-1-3-16(15)17/h1-6,13,23H,7-12,14H2,(H,22,26). The Morgan fingerprint density at radius 3 is 2.63 bits per heavy atom. The summed E-state index contributed by atoms with van der Waals surface area (Å²) in [4.78, 5) is 17.5. The lowest BCUT2D eigenvalue weighted by atomic mass is 10.1. The number of para-hydroxylation sites is 1. The topological polar surface area (TPSA) is 85.5 Å². The van der Waals surface area contributed by atoms with Crippen molar-refractivity contribution in [3.63, 3.8) is 0 Å². The van der Waals surface area contributed by atoms with E-state index in [0.717, 1.165) is 23.3 Å². The third kappa shape index (κ3) is 4.70. The molecule has 1 saturated heterocycles. The zero-order chi connectivity index (χ0) is 21.1. The Morgan fingerprint density at radius 2 is 1.90 bits per heavy atom. The Kier molecular flexibility index (Phi) is 6.45. The Labute approximate surface area is 184 Å². The number of aromatic nitrogens is 1. The van der Waals surface area contributed by atoms with Crippen molar-refractivity contribution in [2.75, 3.05) is 39.3 Å². The first-order chi connectivity index (χ1) is 14.4. The normalized spacial score (nSPS) is 16.2. The molecule has 0 radical (unpaired) electrons. The molecule has 3 heterocycles. The molecule has 0 saturated carbocycles. The maximum atomic E-state index is 12.7. The van der Waals surface area contributed by atoms with Crippen molar-refractivity contribution < 1.29 is 13.2 Å². The van der Waals surface area contributed by atoms with Gasteiger partial charge in [0.1, 0.15) is 4.21 Å². The number of nitrogens with one attached hydrogen (secondary N) is 2. The molecule has 1 fully saturated rings. The molecule has 7 nitrogen and oxygen atoms in total. The van der Waals surface area contributed by atoms with Crippen LogP contribution in [0.25, 0.3) is 10.9 Å². The fourth-order valence-electron chi connectivity index (χ4n) is 3.63. The molecule has 10 heteroatoms. The predicted octanol–water partition coefficient (Wildman–Crippen LogP) is 2.55. The summed E-state index contributed by atoms with van der Waals surface area (Å²) in [5.74, 6) is -0.0452. The summed E-state index contributed by atoms with van der Waals surface area (Å²) in [6.45, 7) is 2.60. The lowest BCUT2D eigenvalue weighted by Crippen LogP contribution is -2.51. The lowest BCUT2D eigenvalue weighted by molar-refractivity contribution is -0.122. The van der Waals surface area contributed by atoms with Gasteiger partial charge >= 0.3 is 0 Å². The molecule has 0 atom stereocenters. The van der Waals surface area contributed by atoms with E-state index < -0.39 is 10.0 Å². The molecule has 0 aliphatic carbocycles. The second-order valence-electron chi connectivity index (χ2n) is 7.20. The monoisotopic (exact) mass is 466 g/mol. The molecule has 4 rings (SSSR count). The van der Waals surface area contributed by atoms with Gasteiger partial charge in [0.2, 0.25) is 5.91 Å². The largest absolute Gasteiger partial charge is 0.361 e. The van der Waals surface area contributed by atoms with E-state index in [2.05, 4.69) is 16.4 Å². The van der Waals surface area contributed by atoms with E-state index >= 15 is 0 Å². The number of benzene rings is 1. The van der Waals surface area contributed by atoms with E-state index in [1.807, 2.05) is 29.3 Å². The average molecular weight is 467 g/mol. The van der Waals surface area contributed by atoms with Crippen LogP contribution in [0.2, 0.25) is 4.34 Å². The van der Waals surface area contributed by atoms with Crippen LogP contribution in [0.1, 0.15) is 5.56 Å². The molecular formula is C20H23ClN4O3S2. The third-order valence-electron chi connectivity index (χ3n) is 5.23. The van der Waals surface area contributed by atoms with Crippen LogP contribution >= 0.6 is 22.9 Å². The van der Waals surface area contributed by atoms with E-state index in [9.17, 15) is 13.2 Å². The van der Waals surface area contributed by atoms with Crippen molar-refractivity contribution in [1.82, 2.24) is 19.5 Å². The van der Waals surface area contributed by atoms with Crippen LogP contribution in [0.4, 0.5) is 0 Å². The summed E-state index contributed by atoms with van der Waals surface area (Å²) in [5.41, 5.74) is 2.27. The summed E-state index contributed by atoms with van der Waals surface area (Å²) in [5, 5.41) is 4.14. The SMILES string of the molecule is O=C(CN1CCN(S(=O)(=O)c2ccc(Cl)s2)CC1)NCCc1c[nH]c2ccccc12. The molecule has 0 spiro atoms. The van der Waals surface area contributed by atoms with Crippen LogP contribution in [0, 0.1) is 0 Å². The van der Waals surface area contributed by atoms with Gasteiger partial charge in [-0.2, -0.15) is 4.31 Å². The number of sulfonamides is 1. The number of hydrogen-bond acceptors (Lipinski definition) is 5. The highest BCUT2D eigenvalue weighted by atomic mass is 35.5. The molecule has 2 aromatic heterocycles. The minimum absolute atomic E-state index is 0.0452. The number of carbonyl (C=O) groups excluding carboxylic acids is 1. The van der Waals surface area contributed by atoms with E-state index in [1.54, 1.807) is 6.07 Å². The molecule has 160 valence electrons. The van der Waals surface area contributed by atoms with Crippen LogP contribution in [0.15, 0.2) is 46.8 Å². The second kappa shape index (κ2) is 9.07.